The fourth-order valence-electron chi connectivity index (χ4n) is 2.26. The van der Waals surface area contributed by atoms with E-state index in [1.54, 1.807) is 14.2 Å². The largest absolute Gasteiger partial charge is 0.493 e. The van der Waals surface area contributed by atoms with E-state index < -0.39 is 0 Å². The highest BCUT2D eigenvalue weighted by molar-refractivity contribution is 5.51. The molecule has 2 rings (SSSR count). The summed E-state index contributed by atoms with van der Waals surface area (Å²) in [5.74, 6) is 2.87. The number of hydrogen-bond acceptors (Lipinski definition) is 4. The van der Waals surface area contributed by atoms with Crippen LogP contribution >= 0.6 is 0 Å². The number of methoxy groups -OCH3 is 2. The molecule has 0 aromatic heterocycles. The molecule has 0 spiro atoms. The minimum Gasteiger partial charge on any atom is -0.493 e. The molecule has 0 radical (unpaired) electrons. The Balaban J connectivity index is 2.04. The maximum absolute atomic E-state index is 5.95. The van der Waals surface area contributed by atoms with E-state index in [4.69, 9.17) is 14.2 Å². The van der Waals surface area contributed by atoms with Crippen molar-refractivity contribution in [1.82, 2.24) is 5.32 Å². The molecule has 0 saturated heterocycles. The molecular formula is C15H23NO3. The second-order valence-corrected chi connectivity index (χ2v) is 4.80. The number of hydrogen-bond donors (Lipinski definition) is 1. The molecular weight excluding hydrogens is 242 g/mol. The van der Waals surface area contributed by atoms with Gasteiger partial charge in [0.05, 0.1) is 14.2 Å². The van der Waals surface area contributed by atoms with Crippen molar-refractivity contribution in [2.24, 2.45) is 5.92 Å². The Morgan fingerprint density at radius 1 is 1.21 bits per heavy atom. The van der Waals surface area contributed by atoms with Crippen molar-refractivity contribution >= 4 is 0 Å². The van der Waals surface area contributed by atoms with Gasteiger partial charge in [-0.25, -0.2) is 0 Å². The van der Waals surface area contributed by atoms with Gasteiger partial charge in [-0.2, -0.15) is 0 Å². The average molecular weight is 265 g/mol. The lowest BCUT2D eigenvalue weighted by atomic mass is 10.2. The van der Waals surface area contributed by atoms with E-state index in [0.717, 1.165) is 12.5 Å². The second-order valence-electron chi connectivity index (χ2n) is 4.80. The van der Waals surface area contributed by atoms with Crippen molar-refractivity contribution in [1.29, 1.82) is 0 Å². The predicted octanol–water partition coefficient (Wildman–Crippen LogP) is 2.47. The maximum Gasteiger partial charge on any atom is 0.203 e. The first-order valence-electron chi connectivity index (χ1n) is 6.87. The van der Waals surface area contributed by atoms with Crippen molar-refractivity contribution in [3.8, 4) is 17.2 Å². The van der Waals surface area contributed by atoms with E-state index >= 15 is 0 Å². The van der Waals surface area contributed by atoms with Gasteiger partial charge in [-0.15, -0.1) is 0 Å². The molecule has 1 saturated carbocycles. The third kappa shape index (κ3) is 3.53. The molecule has 1 fully saturated rings. The summed E-state index contributed by atoms with van der Waals surface area (Å²) in [6.45, 7) is 3.74. The first-order valence-corrected chi connectivity index (χ1v) is 6.87. The van der Waals surface area contributed by atoms with Gasteiger partial charge >= 0.3 is 0 Å². The minimum absolute atomic E-state index is 0.416. The zero-order valence-electron chi connectivity index (χ0n) is 11.9. The van der Waals surface area contributed by atoms with Gasteiger partial charge in [0.25, 0.3) is 0 Å². The van der Waals surface area contributed by atoms with Crippen LogP contribution in [0.15, 0.2) is 18.2 Å². The Morgan fingerprint density at radius 2 is 1.84 bits per heavy atom. The highest BCUT2D eigenvalue weighted by Gasteiger charge is 2.31. The Morgan fingerprint density at radius 3 is 2.32 bits per heavy atom. The quantitative estimate of drug-likeness (QED) is 0.784. The number of rotatable bonds is 8. The van der Waals surface area contributed by atoms with E-state index in [9.17, 15) is 0 Å². The number of ether oxygens (including phenoxy) is 3. The molecule has 0 amide bonds. The van der Waals surface area contributed by atoms with Crippen LogP contribution in [0, 0.1) is 5.92 Å². The van der Waals surface area contributed by atoms with Crippen LogP contribution in [0.3, 0.4) is 0 Å². The van der Waals surface area contributed by atoms with Gasteiger partial charge in [0.1, 0.15) is 6.61 Å². The van der Waals surface area contributed by atoms with Crippen molar-refractivity contribution in [3.05, 3.63) is 18.2 Å². The molecule has 1 aliphatic rings. The molecule has 0 heterocycles. The lowest BCUT2D eigenvalue weighted by Crippen LogP contribution is -2.36. The zero-order chi connectivity index (χ0) is 13.7. The first-order chi connectivity index (χ1) is 9.30. The highest BCUT2D eigenvalue weighted by atomic mass is 16.5. The van der Waals surface area contributed by atoms with Crippen LogP contribution in [-0.4, -0.2) is 33.4 Å². The van der Waals surface area contributed by atoms with Gasteiger partial charge in [-0.05, 0) is 37.4 Å². The molecule has 106 valence electrons. The molecule has 1 unspecified atom stereocenters. The van der Waals surface area contributed by atoms with Gasteiger partial charge in [-0.3, -0.25) is 0 Å². The van der Waals surface area contributed by atoms with Gasteiger partial charge in [-0.1, -0.05) is 13.0 Å². The predicted molar refractivity (Wildman–Crippen MR) is 75.2 cm³/mol. The topological polar surface area (TPSA) is 39.7 Å². The Kier molecular flexibility index (Phi) is 4.91. The third-order valence-corrected chi connectivity index (χ3v) is 3.45. The number of likely N-dealkylation sites (N-methyl/N-ethyl adjacent to an activating group) is 1. The molecule has 4 nitrogen and oxygen atoms in total. The molecule has 0 bridgehead atoms. The summed E-state index contributed by atoms with van der Waals surface area (Å²) in [5.41, 5.74) is 0. The highest BCUT2D eigenvalue weighted by Crippen LogP contribution is 2.38. The van der Waals surface area contributed by atoms with Gasteiger partial charge in [0, 0.05) is 6.04 Å². The van der Waals surface area contributed by atoms with Crippen molar-refractivity contribution in [3.63, 3.8) is 0 Å². The van der Waals surface area contributed by atoms with Crippen molar-refractivity contribution in [2.75, 3.05) is 27.4 Å². The second kappa shape index (κ2) is 6.66. The SMILES string of the molecule is CCNC(COc1c(OC)cccc1OC)C1CC1. The lowest BCUT2D eigenvalue weighted by Gasteiger charge is -2.20. The molecule has 1 N–H and O–H groups in total. The Bertz CT molecular complexity index is 382. The smallest absolute Gasteiger partial charge is 0.203 e. The first kappa shape index (κ1) is 14.0. The molecule has 4 heteroatoms. The molecule has 19 heavy (non-hydrogen) atoms. The van der Waals surface area contributed by atoms with E-state index in [-0.39, 0.29) is 0 Å². The maximum atomic E-state index is 5.95. The van der Waals surface area contributed by atoms with Crippen LogP contribution in [0.4, 0.5) is 0 Å². The fourth-order valence-corrected chi connectivity index (χ4v) is 2.26. The average Bonchev–Trinajstić information content (AvgIpc) is 3.27. The lowest BCUT2D eigenvalue weighted by molar-refractivity contribution is 0.230. The minimum atomic E-state index is 0.416. The fraction of sp³-hybridized carbons (Fsp3) is 0.600. The zero-order valence-corrected chi connectivity index (χ0v) is 11.9. The Labute approximate surface area is 115 Å². The molecule has 1 atom stereocenters. The molecule has 1 aromatic rings. The summed E-state index contributed by atoms with van der Waals surface area (Å²) in [6, 6.07) is 6.08. The van der Waals surface area contributed by atoms with Crippen molar-refractivity contribution in [2.45, 2.75) is 25.8 Å². The monoisotopic (exact) mass is 265 g/mol. The van der Waals surface area contributed by atoms with Crippen LogP contribution in [0.25, 0.3) is 0 Å². The summed E-state index contributed by atoms with van der Waals surface area (Å²) in [6.07, 6.45) is 2.59. The number of nitrogens with one attached hydrogen (secondary N) is 1. The van der Waals surface area contributed by atoms with Gasteiger partial charge in [0.2, 0.25) is 5.75 Å². The standard InChI is InChI=1S/C15H23NO3/c1-4-16-12(11-8-9-11)10-19-15-13(17-2)6-5-7-14(15)18-3/h5-7,11-12,16H,4,8-10H2,1-3H3. The van der Waals surface area contributed by atoms with E-state index in [2.05, 4.69) is 12.2 Å². The van der Waals surface area contributed by atoms with Gasteiger partial charge in [0.15, 0.2) is 11.5 Å². The van der Waals surface area contributed by atoms with Crippen LogP contribution in [0.2, 0.25) is 0 Å². The number of para-hydroxylation sites is 1. The van der Waals surface area contributed by atoms with E-state index in [1.807, 2.05) is 18.2 Å². The van der Waals surface area contributed by atoms with Crippen LogP contribution < -0.4 is 19.5 Å². The van der Waals surface area contributed by atoms with E-state index in [1.165, 1.54) is 12.8 Å². The molecule has 1 aliphatic carbocycles. The summed E-state index contributed by atoms with van der Waals surface area (Å²) >= 11 is 0. The summed E-state index contributed by atoms with van der Waals surface area (Å²) in [5, 5.41) is 3.48. The third-order valence-electron chi connectivity index (χ3n) is 3.45. The molecule has 1 aromatic carbocycles. The van der Waals surface area contributed by atoms with Crippen LogP contribution in [0.1, 0.15) is 19.8 Å². The van der Waals surface area contributed by atoms with Crippen molar-refractivity contribution < 1.29 is 14.2 Å². The Hall–Kier alpha value is -1.42. The van der Waals surface area contributed by atoms with Crippen LogP contribution in [0.5, 0.6) is 17.2 Å². The van der Waals surface area contributed by atoms with Gasteiger partial charge < -0.3 is 19.5 Å². The summed E-state index contributed by atoms with van der Waals surface area (Å²) < 4.78 is 16.6. The molecule has 0 aliphatic heterocycles. The normalized spacial score (nSPS) is 15.9. The summed E-state index contributed by atoms with van der Waals surface area (Å²) in [4.78, 5) is 0. The summed E-state index contributed by atoms with van der Waals surface area (Å²) in [7, 11) is 3.29. The number of benzene rings is 1. The van der Waals surface area contributed by atoms with E-state index in [0.29, 0.717) is 29.9 Å². The van der Waals surface area contributed by atoms with Crippen LogP contribution in [-0.2, 0) is 0 Å².